The molecule has 0 saturated heterocycles. The van der Waals surface area contributed by atoms with E-state index in [-0.39, 0.29) is 24.0 Å². The molecule has 0 radical (unpaired) electrons. The number of rotatable bonds is 5. The molecule has 0 atom stereocenters. The smallest absolute Gasteiger partial charge is 0.191 e. The van der Waals surface area contributed by atoms with Crippen LogP contribution in [0.4, 0.5) is 0 Å². The molecule has 0 spiro atoms. The predicted octanol–water partition coefficient (Wildman–Crippen LogP) is 3.50. The lowest BCUT2D eigenvalue weighted by Crippen LogP contribution is -2.36. The molecule has 0 aliphatic heterocycles. The summed E-state index contributed by atoms with van der Waals surface area (Å²) in [5.74, 6) is 0.750. The number of aryl methyl sites for hydroxylation is 2. The average Bonchev–Trinajstić information content (AvgIpc) is 2.88. The van der Waals surface area contributed by atoms with Crippen LogP contribution in [0.3, 0.4) is 0 Å². The molecule has 0 amide bonds. The van der Waals surface area contributed by atoms with Gasteiger partial charge in [-0.15, -0.1) is 35.3 Å². The van der Waals surface area contributed by atoms with E-state index < -0.39 is 0 Å². The maximum absolute atomic E-state index is 8.94. The topological polar surface area (TPSA) is 73.1 Å². The van der Waals surface area contributed by atoms with Gasteiger partial charge in [-0.05, 0) is 38.5 Å². The Bertz CT molecular complexity index is 713. The molecule has 0 aliphatic carbocycles. The Kier molecular flexibility index (Phi) is 8.71. The summed E-state index contributed by atoms with van der Waals surface area (Å²) in [6, 6.07) is 9.66. The fraction of sp³-hybridized carbons (Fsp3) is 0.353. The zero-order chi connectivity index (χ0) is 16.7. The Labute approximate surface area is 164 Å². The van der Waals surface area contributed by atoms with Gasteiger partial charge in [0.05, 0.1) is 30.4 Å². The van der Waals surface area contributed by atoms with Crippen molar-refractivity contribution in [3.05, 3.63) is 51.0 Å². The third kappa shape index (κ3) is 6.09. The summed E-state index contributed by atoms with van der Waals surface area (Å²) in [7, 11) is 0. The number of guanidine groups is 1. The second-order valence-electron chi connectivity index (χ2n) is 5.11. The van der Waals surface area contributed by atoms with E-state index in [1.54, 1.807) is 17.4 Å². The van der Waals surface area contributed by atoms with Crippen molar-refractivity contribution in [1.82, 2.24) is 15.6 Å². The fourth-order valence-corrected chi connectivity index (χ4v) is 2.90. The van der Waals surface area contributed by atoms with E-state index in [1.807, 2.05) is 32.0 Å². The van der Waals surface area contributed by atoms with Crippen molar-refractivity contribution in [3.8, 4) is 6.07 Å². The highest BCUT2D eigenvalue weighted by Gasteiger charge is 2.05. The molecule has 2 rings (SSSR count). The molecule has 2 N–H and O–H groups in total. The summed E-state index contributed by atoms with van der Waals surface area (Å²) in [6.07, 6.45) is 0. The van der Waals surface area contributed by atoms with Gasteiger partial charge < -0.3 is 10.6 Å². The number of halogens is 1. The van der Waals surface area contributed by atoms with Crippen LogP contribution in [0.5, 0.6) is 0 Å². The Morgan fingerprint density at radius 2 is 2.12 bits per heavy atom. The van der Waals surface area contributed by atoms with E-state index in [0.29, 0.717) is 18.7 Å². The molecule has 2 aromatic rings. The van der Waals surface area contributed by atoms with Crippen molar-refractivity contribution >= 4 is 41.3 Å². The lowest BCUT2D eigenvalue weighted by Gasteiger charge is -2.10. The van der Waals surface area contributed by atoms with Gasteiger partial charge in [-0.25, -0.2) is 9.98 Å². The van der Waals surface area contributed by atoms with Crippen LogP contribution in [-0.4, -0.2) is 17.5 Å². The maximum atomic E-state index is 8.94. The summed E-state index contributed by atoms with van der Waals surface area (Å²) >= 11 is 1.70. The summed E-state index contributed by atoms with van der Waals surface area (Å²) in [6.45, 7) is 8.12. The van der Waals surface area contributed by atoms with E-state index in [4.69, 9.17) is 5.26 Å². The molecule has 0 bridgehead atoms. The Morgan fingerprint density at radius 1 is 1.33 bits per heavy atom. The van der Waals surface area contributed by atoms with Gasteiger partial charge in [0.2, 0.25) is 0 Å². The van der Waals surface area contributed by atoms with Gasteiger partial charge in [0, 0.05) is 11.4 Å². The minimum Gasteiger partial charge on any atom is -0.357 e. The van der Waals surface area contributed by atoms with Gasteiger partial charge >= 0.3 is 0 Å². The number of nitriles is 1. The Hall–Kier alpha value is -1.66. The van der Waals surface area contributed by atoms with Crippen LogP contribution in [-0.2, 0) is 13.1 Å². The minimum atomic E-state index is 0. The number of aromatic nitrogens is 1. The summed E-state index contributed by atoms with van der Waals surface area (Å²) in [5, 5.41) is 16.5. The third-order valence-corrected chi connectivity index (χ3v) is 4.37. The highest BCUT2D eigenvalue weighted by Crippen LogP contribution is 2.15. The van der Waals surface area contributed by atoms with Crippen LogP contribution in [0.1, 0.15) is 33.6 Å². The number of benzene rings is 1. The number of aliphatic imine (C=N–C) groups is 1. The van der Waals surface area contributed by atoms with Gasteiger partial charge in [-0.2, -0.15) is 5.26 Å². The van der Waals surface area contributed by atoms with Gasteiger partial charge in [0.25, 0.3) is 0 Å². The number of hydrogen-bond acceptors (Lipinski definition) is 4. The molecule has 1 heterocycles. The standard InChI is InChI=1S/C17H21N5S.HI/c1-4-19-17(21-11-16-22-12(2)13(3)23-16)20-10-15-7-5-6-14(8-15)9-18;/h5-8H,4,10-11H2,1-3H3,(H2,19,20,21);1H. The minimum absolute atomic E-state index is 0. The number of hydrogen-bond donors (Lipinski definition) is 2. The van der Waals surface area contributed by atoms with Crippen LogP contribution in [0.15, 0.2) is 29.3 Å². The summed E-state index contributed by atoms with van der Waals surface area (Å²) in [4.78, 5) is 10.3. The summed E-state index contributed by atoms with van der Waals surface area (Å²) in [5.41, 5.74) is 2.76. The first-order valence-electron chi connectivity index (χ1n) is 7.56. The molecule has 0 aliphatic rings. The number of nitrogens with zero attached hydrogens (tertiary/aromatic N) is 3. The molecule has 7 heteroatoms. The average molecular weight is 455 g/mol. The van der Waals surface area contributed by atoms with E-state index in [9.17, 15) is 0 Å². The number of thiazole rings is 1. The van der Waals surface area contributed by atoms with Crippen molar-refractivity contribution in [1.29, 1.82) is 5.26 Å². The second-order valence-corrected chi connectivity index (χ2v) is 6.40. The first-order valence-corrected chi connectivity index (χ1v) is 8.38. The zero-order valence-electron chi connectivity index (χ0n) is 14.1. The van der Waals surface area contributed by atoms with Crippen LogP contribution in [0, 0.1) is 25.2 Å². The Morgan fingerprint density at radius 3 is 2.75 bits per heavy atom. The highest BCUT2D eigenvalue weighted by molar-refractivity contribution is 14.0. The van der Waals surface area contributed by atoms with Gasteiger partial charge in [0.1, 0.15) is 5.01 Å². The molecule has 1 aromatic carbocycles. The molecule has 0 saturated carbocycles. The van der Waals surface area contributed by atoms with Crippen LogP contribution >= 0.6 is 35.3 Å². The SMILES string of the molecule is CCNC(=NCc1cccc(C#N)c1)NCc1nc(C)c(C)s1.I. The van der Waals surface area contributed by atoms with Crippen LogP contribution in [0.25, 0.3) is 0 Å². The largest absolute Gasteiger partial charge is 0.357 e. The van der Waals surface area contributed by atoms with Crippen molar-refractivity contribution in [2.24, 2.45) is 4.99 Å². The third-order valence-electron chi connectivity index (χ3n) is 3.30. The fourth-order valence-electron chi connectivity index (χ4n) is 2.03. The lowest BCUT2D eigenvalue weighted by molar-refractivity contribution is 0.809. The van der Waals surface area contributed by atoms with Crippen LogP contribution in [0.2, 0.25) is 0 Å². The van der Waals surface area contributed by atoms with Gasteiger partial charge in [-0.1, -0.05) is 12.1 Å². The maximum Gasteiger partial charge on any atom is 0.191 e. The first-order chi connectivity index (χ1) is 11.1. The second kappa shape index (κ2) is 10.3. The van der Waals surface area contributed by atoms with Gasteiger partial charge in [0.15, 0.2) is 5.96 Å². The van der Waals surface area contributed by atoms with E-state index >= 15 is 0 Å². The Balaban J connectivity index is 0.00000288. The molecule has 5 nitrogen and oxygen atoms in total. The predicted molar refractivity (Wildman–Crippen MR) is 110 cm³/mol. The highest BCUT2D eigenvalue weighted by atomic mass is 127. The van der Waals surface area contributed by atoms with E-state index in [2.05, 4.69) is 33.6 Å². The van der Waals surface area contributed by atoms with Crippen molar-refractivity contribution in [2.75, 3.05) is 6.54 Å². The molecular weight excluding hydrogens is 433 g/mol. The molecule has 24 heavy (non-hydrogen) atoms. The monoisotopic (exact) mass is 455 g/mol. The zero-order valence-corrected chi connectivity index (χ0v) is 17.2. The lowest BCUT2D eigenvalue weighted by atomic mass is 10.1. The quantitative estimate of drug-likeness (QED) is 0.411. The van der Waals surface area contributed by atoms with Crippen molar-refractivity contribution in [3.63, 3.8) is 0 Å². The first kappa shape index (κ1) is 20.4. The normalized spacial score (nSPS) is 10.7. The molecule has 0 unspecified atom stereocenters. The molecule has 0 fully saturated rings. The van der Waals surface area contributed by atoms with Crippen LogP contribution < -0.4 is 10.6 Å². The number of nitrogens with one attached hydrogen (secondary N) is 2. The summed E-state index contributed by atoms with van der Waals surface area (Å²) < 4.78 is 0. The molecule has 128 valence electrons. The van der Waals surface area contributed by atoms with Crippen molar-refractivity contribution < 1.29 is 0 Å². The van der Waals surface area contributed by atoms with Gasteiger partial charge in [-0.3, -0.25) is 0 Å². The molecular formula is C17H22IN5S. The molecule has 1 aromatic heterocycles. The van der Waals surface area contributed by atoms with E-state index in [1.165, 1.54) is 4.88 Å². The van der Waals surface area contributed by atoms with E-state index in [0.717, 1.165) is 28.8 Å². The van der Waals surface area contributed by atoms with Crippen molar-refractivity contribution in [2.45, 2.75) is 33.9 Å².